The van der Waals surface area contributed by atoms with Crippen molar-refractivity contribution < 1.29 is 14.3 Å². The topological polar surface area (TPSA) is 98.1 Å². The lowest BCUT2D eigenvalue weighted by atomic mass is 9.94. The highest BCUT2D eigenvalue weighted by molar-refractivity contribution is 6.06. The van der Waals surface area contributed by atoms with Gasteiger partial charge in [0.25, 0.3) is 5.91 Å². The highest BCUT2D eigenvalue weighted by atomic mass is 16.5. The largest absolute Gasteiger partial charge is 0.497 e. The van der Waals surface area contributed by atoms with Crippen molar-refractivity contribution in [1.82, 2.24) is 20.1 Å². The lowest BCUT2D eigenvalue weighted by Crippen LogP contribution is -2.30. The summed E-state index contributed by atoms with van der Waals surface area (Å²) < 4.78 is 7.03. The summed E-state index contributed by atoms with van der Waals surface area (Å²) >= 11 is 0. The predicted octanol–water partition coefficient (Wildman–Crippen LogP) is 3.87. The molecular weight excluding hydrogens is 406 g/mol. The molecule has 2 aromatic heterocycles. The highest BCUT2D eigenvalue weighted by Crippen LogP contribution is 2.30. The molecule has 0 bridgehead atoms. The van der Waals surface area contributed by atoms with Crippen LogP contribution in [0.4, 0.5) is 5.69 Å². The molecule has 0 saturated heterocycles. The van der Waals surface area contributed by atoms with Gasteiger partial charge in [0.2, 0.25) is 0 Å². The van der Waals surface area contributed by atoms with E-state index in [-0.39, 0.29) is 18.0 Å². The number of amides is 1. The highest BCUT2D eigenvalue weighted by Gasteiger charge is 2.24. The van der Waals surface area contributed by atoms with E-state index in [0.717, 1.165) is 40.9 Å². The molecule has 8 nitrogen and oxygen atoms in total. The van der Waals surface area contributed by atoms with Gasteiger partial charge in [-0.05, 0) is 44.4 Å². The van der Waals surface area contributed by atoms with Crippen molar-refractivity contribution in [3.05, 3.63) is 47.8 Å². The molecule has 4 rings (SSSR count). The van der Waals surface area contributed by atoms with Gasteiger partial charge < -0.3 is 15.4 Å². The Morgan fingerprint density at radius 1 is 1.22 bits per heavy atom. The minimum absolute atomic E-state index is 0.133. The number of hydrogen-bond donors (Lipinski definition) is 2. The number of fused-ring (bicyclic) bond motifs is 1. The summed E-state index contributed by atoms with van der Waals surface area (Å²) in [6, 6.07) is 7.57. The van der Waals surface area contributed by atoms with Gasteiger partial charge in [-0.15, -0.1) is 0 Å². The van der Waals surface area contributed by atoms with Crippen LogP contribution in [0.3, 0.4) is 0 Å². The molecule has 2 heterocycles. The summed E-state index contributed by atoms with van der Waals surface area (Å²) in [5.41, 5.74) is 2.92. The van der Waals surface area contributed by atoms with E-state index < -0.39 is 0 Å². The number of rotatable bonds is 7. The molecule has 2 N–H and O–H groups in total. The van der Waals surface area contributed by atoms with Crippen molar-refractivity contribution in [3.8, 4) is 5.75 Å². The minimum atomic E-state index is -0.207. The number of aryl methyl sites for hydroxylation is 1. The second-order valence-electron chi connectivity index (χ2n) is 8.17. The number of nitrogens with one attached hydrogen (secondary N) is 2. The van der Waals surface area contributed by atoms with E-state index in [2.05, 4.69) is 20.7 Å². The molecule has 0 aliphatic heterocycles. The Morgan fingerprint density at radius 2 is 1.94 bits per heavy atom. The number of carbonyl (C=O) groups excluding carboxylic acids is 2. The fourth-order valence-electron chi connectivity index (χ4n) is 4.12. The molecule has 8 heteroatoms. The van der Waals surface area contributed by atoms with Gasteiger partial charge in [-0.2, -0.15) is 5.10 Å². The second-order valence-corrected chi connectivity index (χ2v) is 8.17. The number of aromatic nitrogens is 3. The average molecular weight is 436 g/mol. The number of methoxy groups -OCH3 is 1. The third-order valence-corrected chi connectivity index (χ3v) is 6.07. The Kier molecular flexibility index (Phi) is 6.39. The number of ether oxygens (including phenoxy) is 1. The van der Waals surface area contributed by atoms with Crippen LogP contribution in [0.25, 0.3) is 11.0 Å². The number of ketones is 1. The van der Waals surface area contributed by atoms with E-state index in [1.54, 1.807) is 19.5 Å². The first-order valence-corrected chi connectivity index (χ1v) is 11.1. The van der Waals surface area contributed by atoms with Crippen molar-refractivity contribution in [1.29, 1.82) is 0 Å². The van der Waals surface area contributed by atoms with Gasteiger partial charge in [-0.3, -0.25) is 9.59 Å². The molecule has 1 aliphatic rings. The zero-order chi connectivity index (χ0) is 22.7. The first kappa shape index (κ1) is 21.8. The molecule has 1 saturated carbocycles. The Hall–Kier alpha value is -3.42. The molecule has 0 spiro atoms. The summed E-state index contributed by atoms with van der Waals surface area (Å²) in [7, 11) is 1.63. The van der Waals surface area contributed by atoms with E-state index >= 15 is 0 Å². The Morgan fingerprint density at radius 3 is 2.59 bits per heavy atom. The van der Waals surface area contributed by atoms with Crippen LogP contribution >= 0.6 is 0 Å². The van der Waals surface area contributed by atoms with Crippen molar-refractivity contribution >= 4 is 28.4 Å². The third-order valence-electron chi connectivity index (χ3n) is 6.07. The molecule has 1 aliphatic carbocycles. The van der Waals surface area contributed by atoms with Gasteiger partial charge in [0.1, 0.15) is 11.5 Å². The van der Waals surface area contributed by atoms with Gasteiger partial charge in [-0.25, -0.2) is 9.67 Å². The quantitative estimate of drug-likeness (QED) is 0.585. The molecule has 1 atom stereocenters. The predicted molar refractivity (Wildman–Crippen MR) is 123 cm³/mol. The lowest BCUT2D eigenvalue weighted by molar-refractivity contribution is -0.120. The molecule has 3 aromatic rings. The maximum atomic E-state index is 13.3. The van der Waals surface area contributed by atoms with Crippen LogP contribution in [0.2, 0.25) is 0 Å². The van der Waals surface area contributed by atoms with Gasteiger partial charge in [0, 0.05) is 31.6 Å². The first-order valence-electron chi connectivity index (χ1n) is 11.1. The number of anilines is 1. The van der Waals surface area contributed by atoms with Crippen LogP contribution in [-0.2, 0) is 11.3 Å². The SMILES string of the molecule is CCn1ncc2c(NC3CCC(=O)CC3)c(C(=O)N[C@H](C)c3ccc(OC)cc3)cnc21. The molecule has 0 unspecified atom stereocenters. The number of pyridine rings is 1. The summed E-state index contributed by atoms with van der Waals surface area (Å²) in [6.07, 6.45) is 6.02. The van der Waals surface area contributed by atoms with Crippen LogP contribution in [0.15, 0.2) is 36.7 Å². The standard InChI is InChI=1S/C24H29N5O3/c1-4-29-23-20(14-26-29)22(28-17-7-9-18(30)10-8-17)21(13-25-23)24(31)27-15(2)16-5-11-19(32-3)12-6-16/h5-6,11-15,17H,4,7-10H2,1-3H3,(H,25,28)(H,27,31)/t15-/m1/s1. The minimum Gasteiger partial charge on any atom is -0.497 e. The molecular formula is C24H29N5O3. The number of hydrogen-bond acceptors (Lipinski definition) is 6. The van der Waals surface area contributed by atoms with Crippen molar-refractivity contribution in [3.63, 3.8) is 0 Å². The normalized spacial score (nSPS) is 15.5. The van der Waals surface area contributed by atoms with Crippen LogP contribution in [0.1, 0.15) is 61.5 Å². The number of Topliss-reactive ketones (excluding diaryl/α,β-unsaturated/α-hetero) is 1. The number of nitrogens with zero attached hydrogens (tertiary/aromatic N) is 3. The van der Waals surface area contributed by atoms with Crippen LogP contribution in [-0.4, -0.2) is 39.6 Å². The zero-order valence-electron chi connectivity index (χ0n) is 18.7. The molecule has 0 radical (unpaired) electrons. The van der Waals surface area contributed by atoms with Crippen molar-refractivity contribution in [2.75, 3.05) is 12.4 Å². The van der Waals surface area contributed by atoms with Crippen LogP contribution < -0.4 is 15.4 Å². The Labute approximate surface area is 187 Å². The first-order chi connectivity index (χ1) is 15.5. The van der Waals surface area contributed by atoms with Crippen molar-refractivity contribution in [2.45, 2.75) is 58.2 Å². The smallest absolute Gasteiger partial charge is 0.255 e. The Balaban J connectivity index is 1.62. The monoisotopic (exact) mass is 435 g/mol. The third kappa shape index (κ3) is 4.44. The maximum Gasteiger partial charge on any atom is 0.255 e. The molecule has 1 amide bonds. The fourth-order valence-corrected chi connectivity index (χ4v) is 4.12. The lowest BCUT2D eigenvalue weighted by Gasteiger charge is -2.25. The Bertz CT molecular complexity index is 1110. The van der Waals surface area contributed by atoms with Gasteiger partial charge in [-0.1, -0.05) is 12.1 Å². The fraction of sp³-hybridized carbons (Fsp3) is 0.417. The average Bonchev–Trinajstić information content (AvgIpc) is 3.24. The molecule has 1 fully saturated rings. The summed E-state index contributed by atoms with van der Waals surface area (Å²) in [5, 5.41) is 11.9. The van der Waals surface area contributed by atoms with E-state index in [9.17, 15) is 9.59 Å². The van der Waals surface area contributed by atoms with Crippen LogP contribution in [0, 0.1) is 0 Å². The van der Waals surface area contributed by atoms with Gasteiger partial charge in [0.05, 0.1) is 36.0 Å². The molecule has 32 heavy (non-hydrogen) atoms. The summed E-state index contributed by atoms with van der Waals surface area (Å²) in [6.45, 7) is 4.64. The second kappa shape index (κ2) is 9.38. The number of benzene rings is 1. The van der Waals surface area contributed by atoms with Gasteiger partial charge in [0.15, 0.2) is 5.65 Å². The molecule has 1 aromatic carbocycles. The molecule has 168 valence electrons. The summed E-state index contributed by atoms with van der Waals surface area (Å²) in [5.74, 6) is 0.863. The number of carbonyl (C=O) groups is 2. The van der Waals surface area contributed by atoms with E-state index in [0.29, 0.717) is 30.7 Å². The van der Waals surface area contributed by atoms with E-state index in [4.69, 9.17) is 4.74 Å². The van der Waals surface area contributed by atoms with E-state index in [1.165, 1.54) is 0 Å². The van der Waals surface area contributed by atoms with Crippen molar-refractivity contribution in [2.24, 2.45) is 0 Å². The van der Waals surface area contributed by atoms with Crippen LogP contribution in [0.5, 0.6) is 5.75 Å². The maximum absolute atomic E-state index is 13.3. The van der Waals surface area contributed by atoms with Gasteiger partial charge >= 0.3 is 0 Å². The summed E-state index contributed by atoms with van der Waals surface area (Å²) in [4.78, 5) is 29.5. The zero-order valence-corrected chi connectivity index (χ0v) is 18.7. The van der Waals surface area contributed by atoms with E-state index in [1.807, 2.05) is 42.8 Å².